The van der Waals surface area contributed by atoms with Crippen molar-refractivity contribution in [1.82, 2.24) is 4.90 Å². The van der Waals surface area contributed by atoms with Crippen LogP contribution in [0.5, 0.6) is 5.75 Å². The van der Waals surface area contributed by atoms with Gasteiger partial charge in [-0.05, 0) is 45.0 Å². The summed E-state index contributed by atoms with van der Waals surface area (Å²) < 4.78 is 5.72. The van der Waals surface area contributed by atoms with Gasteiger partial charge < -0.3 is 19.9 Å². The number of rotatable bonds is 5. The zero-order valence-electron chi connectivity index (χ0n) is 17.7. The molecule has 158 valence electrons. The van der Waals surface area contributed by atoms with E-state index in [1.165, 1.54) is 4.90 Å². The molecule has 1 N–H and O–H groups in total. The first-order valence-corrected chi connectivity index (χ1v) is 9.95. The number of fused-ring (bicyclic) bond motifs is 1. The second-order valence-electron chi connectivity index (χ2n) is 7.65. The molecular weight excluding hydrogens is 382 g/mol. The average Bonchev–Trinajstić information content (AvgIpc) is 2.83. The van der Waals surface area contributed by atoms with Crippen LogP contribution in [0.3, 0.4) is 0 Å². The van der Waals surface area contributed by atoms with E-state index in [0.29, 0.717) is 17.1 Å². The van der Waals surface area contributed by atoms with E-state index in [2.05, 4.69) is 5.32 Å². The number of anilines is 2. The zero-order valence-corrected chi connectivity index (χ0v) is 17.7. The highest BCUT2D eigenvalue weighted by Gasteiger charge is 2.31. The summed E-state index contributed by atoms with van der Waals surface area (Å²) in [5.41, 5.74) is 2.32. The molecule has 0 unspecified atom stereocenters. The Balaban J connectivity index is 1.70. The van der Waals surface area contributed by atoms with Gasteiger partial charge in [0.2, 0.25) is 11.8 Å². The number of nitrogens with one attached hydrogen (secondary N) is 1. The molecule has 2 aromatic carbocycles. The lowest BCUT2D eigenvalue weighted by atomic mass is 10.1. The van der Waals surface area contributed by atoms with E-state index in [1.807, 2.05) is 44.2 Å². The first kappa shape index (κ1) is 21.4. The minimum Gasteiger partial charge on any atom is -0.481 e. The summed E-state index contributed by atoms with van der Waals surface area (Å²) in [6.07, 6.45) is -0.548. The van der Waals surface area contributed by atoms with Crippen molar-refractivity contribution in [3.05, 3.63) is 54.1 Å². The lowest BCUT2D eigenvalue weighted by molar-refractivity contribution is -0.139. The third-order valence-electron chi connectivity index (χ3n) is 5.06. The van der Waals surface area contributed by atoms with Crippen molar-refractivity contribution in [3.8, 4) is 5.75 Å². The van der Waals surface area contributed by atoms with Crippen molar-refractivity contribution < 1.29 is 19.1 Å². The van der Waals surface area contributed by atoms with E-state index in [9.17, 15) is 14.4 Å². The van der Waals surface area contributed by atoms with Gasteiger partial charge in [-0.2, -0.15) is 0 Å². The summed E-state index contributed by atoms with van der Waals surface area (Å²) in [5.74, 6) is -0.102. The number of nitrogens with zero attached hydrogens (tertiary/aromatic N) is 2. The Morgan fingerprint density at radius 1 is 1.20 bits per heavy atom. The van der Waals surface area contributed by atoms with Gasteiger partial charge in [-0.1, -0.05) is 29.8 Å². The van der Waals surface area contributed by atoms with E-state index in [4.69, 9.17) is 4.74 Å². The number of carbonyl (C=O) groups is 3. The predicted octanol–water partition coefficient (Wildman–Crippen LogP) is 2.98. The molecule has 7 nitrogen and oxygen atoms in total. The maximum Gasteiger partial charge on any atom is 0.263 e. The minimum atomic E-state index is -0.734. The Labute approximate surface area is 176 Å². The second-order valence-corrected chi connectivity index (χ2v) is 7.65. The third kappa shape index (κ3) is 4.79. The predicted molar refractivity (Wildman–Crippen MR) is 116 cm³/mol. The summed E-state index contributed by atoms with van der Waals surface area (Å²) in [4.78, 5) is 40.9. The minimum absolute atomic E-state index is 0.118. The van der Waals surface area contributed by atoms with Gasteiger partial charge >= 0.3 is 0 Å². The van der Waals surface area contributed by atoms with Crippen molar-refractivity contribution in [2.75, 3.05) is 23.8 Å². The van der Waals surface area contributed by atoms with Crippen LogP contribution in [0, 0.1) is 6.92 Å². The highest BCUT2D eigenvalue weighted by molar-refractivity contribution is 6.05. The van der Waals surface area contributed by atoms with Crippen molar-refractivity contribution >= 4 is 29.1 Å². The number of hydrogen-bond donors (Lipinski definition) is 1. The maximum atomic E-state index is 13.1. The summed E-state index contributed by atoms with van der Waals surface area (Å²) in [5, 5.41) is 2.83. The van der Waals surface area contributed by atoms with E-state index in [1.54, 1.807) is 37.1 Å². The summed E-state index contributed by atoms with van der Waals surface area (Å²) in [6.45, 7) is 5.34. The van der Waals surface area contributed by atoms with Crippen LogP contribution in [0.4, 0.5) is 11.4 Å². The molecule has 0 fully saturated rings. The van der Waals surface area contributed by atoms with Crippen molar-refractivity contribution in [1.29, 1.82) is 0 Å². The van der Waals surface area contributed by atoms with Gasteiger partial charge in [-0.15, -0.1) is 0 Å². The van der Waals surface area contributed by atoms with Gasteiger partial charge in [0.1, 0.15) is 5.75 Å². The standard InChI is InChI=1S/C23H27N3O4/c1-15-9-11-18(12-10-15)30-17(3)23(29)25(4)14-22(28)26-16(2)13-21(27)24-19-7-5-6-8-20(19)26/h5-12,16-17H,13-14H2,1-4H3,(H,24,27)/t16-,17-/m1/s1. The summed E-state index contributed by atoms with van der Waals surface area (Å²) in [7, 11) is 1.58. The van der Waals surface area contributed by atoms with Gasteiger partial charge in [0.05, 0.1) is 17.9 Å². The monoisotopic (exact) mass is 409 g/mol. The fourth-order valence-corrected chi connectivity index (χ4v) is 3.51. The van der Waals surface area contributed by atoms with Crippen LogP contribution in [0.2, 0.25) is 0 Å². The smallest absolute Gasteiger partial charge is 0.263 e. The van der Waals surface area contributed by atoms with Gasteiger partial charge in [-0.3, -0.25) is 14.4 Å². The Hall–Kier alpha value is -3.35. The Kier molecular flexibility index (Phi) is 6.40. The fraction of sp³-hybridized carbons (Fsp3) is 0.348. The lowest BCUT2D eigenvalue weighted by Gasteiger charge is -2.30. The number of aryl methyl sites for hydroxylation is 1. The number of ether oxygens (including phenoxy) is 1. The molecule has 0 saturated carbocycles. The molecule has 1 aliphatic rings. The van der Waals surface area contributed by atoms with Crippen molar-refractivity contribution in [2.24, 2.45) is 0 Å². The van der Waals surface area contributed by atoms with Crippen LogP contribution in [0.1, 0.15) is 25.8 Å². The van der Waals surface area contributed by atoms with E-state index >= 15 is 0 Å². The number of carbonyl (C=O) groups excluding carboxylic acids is 3. The number of likely N-dealkylation sites (N-methyl/N-ethyl adjacent to an activating group) is 1. The summed E-state index contributed by atoms with van der Waals surface area (Å²) in [6, 6.07) is 14.3. The van der Waals surface area contributed by atoms with Crippen LogP contribution in [-0.2, 0) is 14.4 Å². The lowest BCUT2D eigenvalue weighted by Crippen LogP contribution is -2.47. The third-order valence-corrected chi connectivity index (χ3v) is 5.06. The normalized spacial score (nSPS) is 16.7. The molecule has 2 aromatic rings. The Morgan fingerprint density at radius 2 is 1.87 bits per heavy atom. The van der Waals surface area contributed by atoms with Gasteiger partial charge in [0.25, 0.3) is 5.91 Å². The maximum absolute atomic E-state index is 13.1. The first-order valence-electron chi connectivity index (χ1n) is 9.95. The van der Waals surface area contributed by atoms with Crippen molar-refractivity contribution in [3.63, 3.8) is 0 Å². The van der Waals surface area contributed by atoms with Gasteiger partial charge in [0.15, 0.2) is 6.10 Å². The second kappa shape index (κ2) is 8.98. The Bertz CT molecular complexity index is 942. The highest BCUT2D eigenvalue weighted by Crippen LogP contribution is 2.31. The molecule has 0 radical (unpaired) electrons. The topological polar surface area (TPSA) is 79.0 Å². The summed E-state index contributed by atoms with van der Waals surface area (Å²) >= 11 is 0. The molecule has 3 rings (SSSR count). The first-order chi connectivity index (χ1) is 14.3. The van der Waals surface area contributed by atoms with E-state index in [-0.39, 0.29) is 36.7 Å². The SMILES string of the molecule is Cc1ccc(O[C@H](C)C(=O)N(C)CC(=O)N2c3ccccc3NC(=O)C[C@H]2C)cc1. The Morgan fingerprint density at radius 3 is 2.57 bits per heavy atom. The number of para-hydroxylation sites is 2. The average molecular weight is 409 g/mol. The molecular formula is C23H27N3O4. The molecule has 0 spiro atoms. The van der Waals surface area contributed by atoms with Crippen LogP contribution in [0.25, 0.3) is 0 Å². The van der Waals surface area contributed by atoms with Crippen LogP contribution in [0.15, 0.2) is 48.5 Å². The number of amides is 3. The van der Waals surface area contributed by atoms with E-state index in [0.717, 1.165) is 5.56 Å². The fourth-order valence-electron chi connectivity index (χ4n) is 3.51. The van der Waals surface area contributed by atoms with Crippen LogP contribution < -0.4 is 15.0 Å². The molecule has 30 heavy (non-hydrogen) atoms. The van der Waals surface area contributed by atoms with Gasteiger partial charge in [0, 0.05) is 19.5 Å². The molecule has 1 aliphatic heterocycles. The van der Waals surface area contributed by atoms with Crippen LogP contribution in [-0.4, -0.2) is 48.4 Å². The molecule has 3 amide bonds. The van der Waals surface area contributed by atoms with E-state index < -0.39 is 6.10 Å². The molecule has 0 aliphatic carbocycles. The number of hydrogen-bond acceptors (Lipinski definition) is 4. The highest BCUT2D eigenvalue weighted by atomic mass is 16.5. The molecule has 0 aromatic heterocycles. The van der Waals surface area contributed by atoms with Crippen molar-refractivity contribution in [2.45, 2.75) is 39.3 Å². The molecule has 0 saturated heterocycles. The largest absolute Gasteiger partial charge is 0.481 e. The quantitative estimate of drug-likeness (QED) is 0.823. The molecule has 1 heterocycles. The molecule has 7 heteroatoms. The zero-order chi connectivity index (χ0) is 21.8. The van der Waals surface area contributed by atoms with Gasteiger partial charge in [-0.25, -0.2) is 0 Å². The van der Waals surface area contributed by atoms with Crippen LogP contribution >= 0.6 is 0 Å². The molecule has 0 bridgehead atoms. The molecule has 2 atom stereocenters. The number of benzene rings is 2.